The molecule has 1 heterocycles. The second-order valence-electron chi connectivity index (χ2n) is 3.88. The number of thioether (sulfide) groups is 1. The summed E-state index contributed by atoms with van der Waals surface area (Å²) < 4.78 is 0. The van der Waals surface area contributed by atoms with Gasteiger partial charge in [-0.05, 0) is 37.7 Å². The van der Waals surface area contributed by atoms with E-state index >= 15 is 0 Å². The van der Waals surface area contributed by atoms with E-state index in [0.717, 1.165) is 6.54 Å². The minimum atomic E-state index is 0.610. The molecule has 0 aromatic rings. The van der Waals surface area contributed by atoms with Crippen molar-refractivity contribution in [1.29, 1.82) is 0 Å². The minimum absolute atomic E-state index is 0.610. The molecule has 1 aliphatic heterocycles. The normalized spacial score (nSPS) is 23.3. The fourth-order valence-corrected chi connectivity index (χ4v) is 2.45. The van der Waals surface area contributed by atoms with Gasteiger partial charge in [0.05, 0.1) is 5.71 Å². The summed E-state index contributed by atoms with van der Waals surface area (Å²) in [7, 11) is 0. The van der Waals surface area contributed by atoms with Crippen molar-refractivity contribution in [3.63, 3.8) is 0 Å². The van der Waals surface area contributed by atoms with Crippen molar-refractivity contribution in [2.75, 3.05) is 6.54 Å². The van der Waals surface area contributed by atoms with Crippen LogP contribution in [-0.4, -0.2) is 12.3 Å². The van der Waals surface area contributed by atoms with Gasteiger partial charge in [-0.3, -0.25) is 4.99 Å². The maximum Gasteiger partial charge on any atom is 0.0720 e. The zero-order valence-corrected chi connectivity index (χ0v) is 10.5. The van der Waals surface area contributed by atoms with Crippen molar-refractivity contribution in [3.05, 3.63) is 21.5 Å². The molecule has 0 bridgehead atoms. The first kappa shape index (κ1) is 11.6. The topological polar surface area (TPSA) is 12.4 Å². The lowest BCUT2D eigenvalue weighted by molar-refractivity contribution is 0.769. The highest BCUT2D eigenvalue weighted by Gasteiger charge is 2.18. The van der Waals surface area contributed by atoms with Gasteiger partial charge in [0.15, 0.2) is 0 Å². The molecule has 0 saturated heterocycles. The van der Waals surface area contributed by atoms with Gasteiger partial charge in [0.25, 0.3) is 0 Å². The molecule has 0 saturated carbocycles. The average Bonchev–Trinajstić information content (AvgIpc) is 2.46. The molecule has 0 unspecified atom stereocenters. The molecule has 1 nitrogen and oxygen atoms in total. The minimum Gasteiger partial charge on any atom is -0.284 e. The Bertz CT molecular complexity index is 308. The zero-order chi connectivity index (χ0) is 10.7. The molecular weight excluding hydrogens is 190 g/mol. The standard InChI is InChI=1S/C12H19NS/c1-6-13-11-7-9(4)14-12(11)10(5)8(2)3/h7-8H,6H2,1-5H3/b12-10-,13-11?. The van der Waals surface area contributed by atoms with E-state index in [2.05, 4.69) is 45.7 Å². The first-order valence-corrected chi connectivity index (χ1v) is 5.99. The first-order valence-electron chi connectivity index (χ1n) is 5.18. The molecule has 0 N–H and O–H groups in total. The monoisotopic (exact) mass is 209 g/mol. The second kappa shape index (κ2) is 4.83. The van der Waals surface area contributed by atoms with Crippen molar-refractivity contribution in [3.8, 4) is 0 Å². The molecule has 1 aliphatic rings. The van der Waals surface area contributed by atoms with Crippen molar-refractivity contribution in [2.45, 2.75) is 34.6 Å². The molecule has 1 rings (SSSR count). The van der Waals surface area contributed by atoms with Gasteiger partial charge in [-0.15, -0.1) is 0 Å². The molecule has 78 valence electrons. The van der Waals surface area contributed by atoms with Crippen molar-refractivity contribution >= 4 is 17.5 Å². The summed E-state index contributed by atoms with van der Waals surface area (Å²) in [5, 5.41) is 0. The lowest BCUT2D eigenvalue weighted by Gasteiger charge is -2.10. The van der Waals surface area contributed by atoms with Crippen LogP contribution >= 0.6 is 11.8 Å². The van der Waals surface area contributed by atoms with Gasteiger partial charge in [-0.1, -0.05) is 31.2 Å². The number of hydrogen-bond acceptors (Lipinski definition) is 2. The van der Waals surface area contributed by atoms with Crippen LogP contribution in [0.5, 0.6) is 0 Å². The molecule has 2 heteroatoms. The van der Waals surface area contributed by atoms with Crippen LogP contribution in [0.25, 0.3) is 0 Å². The Morgan fingerprint density at radius 1 is 1.50 bits per heavy atom. The molecule has 0 amide bonds. The number of hydrogen-bond donors (Lipinski definition) is 0. The smallest absolute Gasteiger partial charge is 0.0720 e. The molecule has 0 atom stereocenters. The molecule has 0 aliphatic carbocycles. The summed E-state index contributed by atoms with van der Waals surface area (Å²) in [6, 6.07) is 0. The molecule has 0 fully saturated rings. The fraction of sp³-hybridized carbons (Fsp3) is 0.583. The molecule has 14 heavy (non-hydrogen) atoms. The van der Waals surface area contributed by atoms with Crippen LogP contribution in [0.3, 0.4) is 0 Å². The summed E-state index contributed by atoms with van der Waals surface area (Å²) in [4.78, 5) is 7.25. The van der Waals surface area contributed by atoms with Crippen LogP contribution in [0, 0.1) is 5.92 Å². The van der Waals surface area contributed by atoms with E-state index in [0.29, 0.717) is 5.92 Å². The third-order valence-corrected chi connectivity index (χ3v) is 3.56. The Morgan fingerprint density at radius 3 is 2.64 bits per heavy atom. The van der Waals surface area contributed by atoms with Gasteiger partial charge in [0.1, 0.15) is 0 Å². The Labute approximate surface area is 91.4 Å². The van der Waals surface area contributed by atoms with Crippen LogP contribution in [-0.2, 0) is 0 Å². The van der Waals surface area contributed by atoms with E-state index in [1.54, 1.807) is 0 Å². The molecule has 0 aromatic carbocycles. The summed E-state index contributed by atoms with van der Waals surface area (Å²) in [6.07, 6.45) is 2.19. The predicted octanol–water partition coefficient (Wildman–Crippen LogP) is 4.03. The largest absolute Gasteiger partial charge is 0.284 e. The van der Waals surface area contributed by atoms with E-state index < -0.39 is 0 Å². The Balaban J connectivity index is 3.04. The Kier molecular flexibility index (Phi) is 3.99. The SMILES string of the molecule is CCN=C1C=C(C)S/C1=C(/C)C(C)C. The van der Waals surface area contributed by atoms with Crippen LogP contribution in [0.1, 0.15) is 34.6 Å². The van der Waals surface area contributed by atoms with Crippen molar-refractivity contribution < 1.29 is 0 Å². The lowest BCUT2D eigenvalue weighted by atomic mass is 10.0. The van der Waals surface area contributed by atoms with Gasteiger partial charge >= 0.3 is 0 Å². The van der Waals surface area contributed by atoms with Crippen molar-refractivity contribution in [1.82, 2.24) is 0 Å². The first-order chi connectivity index (χ1) is 6.56. The zero-order valence-electron chi connectivity index (χ0n) is 9.72. The third-order valence-electron chi connectivity index (χ3n) is 2.39. The quantitative estimate of drug-likeness (QED) is 0.669. The van der Waals surface area contributed by atoms with Crippen LogP contribution in [0.2, 0.25) is 0 Å². The fourth-order valence-electron chi connectivity index (χ4n) is 1.33. The average molecular weight is 209 g/mol. The van der Waals surface area contributed by atoms with Crippen molar-refractivity contribution in [2.24, 2.45) is 10.9 Å². The maximum absolute atomic E-state index is 4.52. The lowest BCUT2D eigenvalue weighted by Crippen LogP contribution is -2.00. The van der Waals surface area contributed by atoms with Gasteiger partial charge in [-0.25, -0.2) is 0 Å². The van der Waals surface area contributed by atoms with Gasteiger partial charge in [0.2, 0.25) is 0 Å². The molecular formula is C12H19NS. The van der Waals surface area contributed by atoms with Gasteiger partial charge < -0.3 is 0 Å². The second-order valence-corrected chi connectivity index (χ2v) is 5.14. The van der Waals surface area contributed by atoms with E-state index in [4.69, 9.17) is 0 Å². The van der Waals surface area contributed by atoms with E-state index in [1.165, 1.54) is 21.1 Å². The Hall–Kier alpha value is -0.500. The summed E-state index contributed by atoms with van der Waals surface area (Å²) in [5.41, 5.74) is 2.64. The highest BCUT2D eigenvalue weighted by molar-refractivity contribution is 8.08. The number of aliphatic imine (C=N–C) groups is 1. The van der Waals surface area contributed by atoms with Crippen LogP contribution < -0.4 is 0 Å². The maximum atomic E-state index is 4.52. The number of rotatable bonds is 2. The predicted molar refractivity (Wildman–Crippen MR) is 66.9 cm³/mol. The van der Waals surface area contributed by atoms with Crippen LogP contribution in [0.15, 0.2) is 26.5 Å². The van der Waals surface area contributed by atoms with E-state index in [9.17, 15) is 0 Å². The molecule has 0 spiro atoms. The third kappa shape index (κ3) is 2.50. The number of allylic oxidation sites excluding steroid dienone is 4. The van der Waals surface area contributed by atoms with Gasteiger partial charge in [0, 0.05) is 11.4 Å². The van der Waals surface area contributed by atoms with Crippen LogP contribution in [0.4, 0.5) is 0 Å². The highest BCUT2D eigenvalue weighted by Crippen LogP contribution is 2.37. The van der Waals surface area contributed by atoms with E-state index in [1.807, 2.05) is 11.8 Å². The molecule has 0 aromatic heterocycles. The number of nitrogens with zero attached hydrogens (tertiary/aromatic N) is 1. The van der Waals surface area contributed by atoms with E-state index in [-0.39, 0.29) is 0 Å². The highest BCUT2D eigenvalue weighted by atomic mass is 32.2. The summed E-state index contributed by atoms with van der Waals surface area (Å²) in [6.45, 7) is 11.8. The summed E-state index contributed by atoms with van der Waals surface area (Å²) in [5.74, 6) is 0.610. The summed E-state index contributed by atoms with van der Waals surface area (Å²) >= 11 is 1.86. The molecule has 0 radical (unpaired) electrons. The Morgan fingerprint density at radius 2 is 2.14 bits per heavy atom. The van der Waals surface area contributed by atoms with Gasteiger partial charge in [-0.2, -0.15) is 0 Å².